The molecular weight excluding hydrogens is 344 g/mol. The number of hydrogen-bond donors (Lipinski definition) is 0. The molecule has 1 unspecified atom stereocenters. The van der Waals surface area contributed by atoms with Crippen LogP contribution in [-0.2, 0) is 20.7 Å². The predicted octanol–water partition coefficient (Wildman–Crippen LogP) is 1.73. The molecule has 0 saturated carbocycles. The zero-order chi connectivity index (χ0) is 18.6. The minimum atomic E-state index is -0.0913. The Bertz CT molecular complexity index is 740. The van der Waals surface area contributed by atoms with Crippen molar-refractivity contribution in [3.8, 4) is 5.75 Å². The minimum absolute atomic E-state index is 0.0220. The molecule has 0 spiro atoms. The second kappa shape index (κ2) is 8.13. The van der Waals surface area contributed by atoms with Gasteiger partial charge in [0.15, 0.2) is 0 Å². The van der Waals surface area contributed by atoms with Crippen molar-refractivity contribution in [2.24, 2.45) is 5.92 Å². The average Bonchev–Trinajstić information content (AvgIpc) is 3.20. The Hall–Kier alpha value is -2.34. The number of carbonyl (C=O) groups excluding carboxylic acids is 2. The van der Waals surface area contributed by atoms with Crippen molar-refractivity contribution < 1.29 is 19.1 Å². The quantitative estimate of drug-likeness (QED) is 0.761. The fourth-order valence-corrected chi connectivity index (χ4v) is 4.00. The van der Waals surface area contributed by atoms with E-state index in [1.807, 2.05) is 23.1 Å². The lowest BCUT2D eigenvalue weighted by molar-refractivity contribution is -0.143. The van der Waals surface area contributed by atoms with E-state index < -0.39 is 0 Å². The van der Waals surface area contributed by atoms with E-state index in [2.05, 4.69) is 6.07 Å². The Balaban J connectivity index is 1.36. The van der Waals surface area contributed by atoms with Crippen LogP contribution in [0.3, 0.4) is 0 Å². The highest BCUT2D eigenvalue weighted by Gasteiger charge is 2.31. The Labute approximate surface area is 159 Å². The van der Waals surface area contributed by atoms with E-state index in [0.29, 0.717) is 39.4 Å². The van der Waals surface area contributed by atoms with E-state index in [9.17, 15) is 9.59 Å². The van der Waals surface area contributed by atoms with Gasteiger partial charge in [-0.25, -0.2) is 0 Å². The highest BCUT2D eigenvalue weighted by Crippen LogP contribution is 2.26. The Morgan fingerprint density at radius 2 is 1.93 bits per heavy atom. The molecule has 27 heavy (non-hydrogen) atoms. The molecule has 0 bridgehead atoms. The molecule has 2 fully saturated rings. The molecule has 0 N–H and O–H groups in total. The third-order valence-electron chi connectivity index (χ3n) is 5.54. The minimum Gasteiger partial charge on any atom is -0.493 e. The molecule has 0 radical (unpaired) electrons. The van der Waals surface area contributed by atoms with E-state index in [1.54, 1.807) is 11.0 Å². The zero-order valence-corrected chi connectivity index (χ0v) is 15.6. The summed E-state index contributed by atoms with van der Waals surface area (Å²) >= 11 is 0. The number of morpholine rings is 1. The number of hydrogen-bond acceptors (Lipinski definition) is 4. The number of ether oxygens (including phenoxy) is 2. The van der Waals surface area contributed by atoms with Crippen LogP contribution in [0.4, 0.5) is 0 Å². The first-order valence-corrected chi connectivity index (χ1v) is 9.80. The molecule has 1 atom stereocenters. The highest BCUT2D eigenvalue weighted by molar-refractivity contribution is 5.92. The van der Waals surface area contributed by atoms with Gasteiger partial charge in [-0.1, -0.05) is 6.07 Å². The van der Waals surface area contributed by atoms with Gasteiger partial charge in [0.05, 0.1) is 25.7 Å². The fourth-order valence-electron chi connectivity index (χ4n) is 4.00. The van der Waals surface area contributed by atoms with Crippen molar-refractivity contribution in [2.75, 3.05) is 46.0 Å². The van der Waals surface area contributed by atoms with Crippen LogP contribution in [0.5, 0.6) is 5.75 Å². The van der Waals surface area contributed by atoms with Gasteiger partial charge < -0.3 is 19.3 Å². The van der Waals surface area contributed by atoms with Gasteiger partial charge in [-0.05, 0) is 42.2 Å². The van der Waals surface area contributed by atoms with E-state index in [4.69, 9.17) is 9.47 Å². The topological polar surface area (TPSA) is 59.1 Å². The van der Waals surface area contributed by atoms with Gasteiger partial charge >= 0.3 is 0 Å². The standard InChI is InChI=1S/C21H26N2O4/c24-20(6-4-16-3-5-19-17(14-16)7-11-27-19)23-8-1-2-18(15-23)21(25)22-9-12-26-13-10-22/h3-6,14,18H,1-2,7-13,15H2/b6-4+. The number of benzene rings is 1. The summed E-state index contributed by atoms with van der Waals surface area (Å²) in [7, 11) is 0. The smallest absolute Gasteiger partial charge is 0.246 e. The third kappa shape index (κ3) is 4.16. The van der Waals surface area contributed by atoms with Gasteiger partial charge in [-0.15, -0.1) is 0 Å². The van der Waals surface area contributed by atoms with E-state index in [-0.39, 0.29) is 17.7 Å². The Kier molecular flexibility index (Phi) is 5.43. The van der Waals surface area contributed by atoms with Crippen LogP contribution in [0.25, 0.3) is 6.08 Å². The lowest BCUT2D eigenvalue weighted by Crippen LogP contribution is -2.49. The summed E-state index contributed by atoms with van der Waals surface area (Å²) in [6.45, 7) is 4.49. The van der Waals surface area contributed by atoms with Crippen LogP contribution in [0.1, 0.15) is 24.0 Å². The molecule has 1 aromatic carbocycles. The van der Waals surface area contributed by atoms with Gasteiger partial charge in [0.25, 0.3) is 0 Å². The fraction of sp³-hybridized carbons (Fsp3) is 0.524. The zero-order valence-electron chi connectivity index (χ0n) is 15.6. The summed E-state index contributed by atoms with van der Waals surface area (Å²) in [4.78, 5) is 29.0. The number of rotatable bonds is 3. The van der Waals surface area contributed by atoms with Gasteiger partial charge in [0.1, 0.15) is 5.75 Å². The summed E-state index contributed by atoms with van der Waals surface area (Å²) < 4.78 is 10.8. The molecule has 0 aromatic heterocycles. The number of piperidine rings is 1. The molecule has 2 saturated heterocycles. The molecule has 1 aromatic rings. The molecular formula is C21H26N2O4. The number of amides is 2. The predicted molar refractivity (Wildman–Crippen MR) is 101 cm³/mol. The van der Waals surface area contributed by atoms with Crippen LogP contribution in [0.15, 0.2) is 24.3 Å². The van der Waals surface area contributed by atoms with Crippen molar-refractivity contribution in [1.82, 2.24) is 9.80 Å². The average molecular weight is 370 g/mol. The summed E-state index contributed by atoms with van der Waals surface area (Å²) in [6, 6.07) is 6.01. The third-order valence-corrected chi connectivity index (χ3v) is 5.54. The first-order valence-electron chi connectivity index (χ1n) is 9.80. The lowest BCUT2D eigenvalue weighted by atomic mass is 9.96. The van der Waals surface area contributed by atoms with E-state index in [0.717, 1.165) is 37.2 Å². The van der Waals surface area contributed by atoms with Crippen LogP contribution >= 0.6 is 0 Å². The molecule has 0 aliphatic carbocycles. The molecule has 2 amide bonds. The monoisotopic (exact) mass is 370 g/mol. The van der Waals surface area contributed by atoms with Crippen LogP contribution < -0.4 is 4.74 Å². The lowest BCUT2D eigenvalue weighted by Gasteiger charge is -2.35. The van der Waals surface area contributed by atoms with Crippen molar-refractivity contribution in [2.45, 2.75) is 19.3 Å². The van der Waals surface area contributed by atoms with Crippen molar-refractivity contribution in [3.63, 3.8) is 0 Å². The van der Waals surface area contributed by atoms with E-state index >= 15 is 0 Å². The highest BCUT2D eigenvalue weighted by atomic mass is 16.5. The van der Waals surface area contributed by atoms with Crippen LogP contribution in [0.2, 0.25) is 0 Å². The van der Waals surface area contributed by atoms with Crippen molar-refractivity contribution >= 4 is 17.9 Å². The maximum absolute atomic E-state index is 12.7. The van der Waals surface area contributed by atoms with Gasteiger partial charge in [0, 0.05) is 38.7 Å². The first-order chi connectivity index (χ1) is 13.2. The molecule has 4 rings (SSSR count). The number of likely N-dealkylation sites (tertiary alicyclic amines) is 1. The summed E-state index contributed by atoms with van der Waals surface area (Å²) in [5, 5.41) is 0. The Morgan fingerprint density at radius 3 is 2.78 bits per heavy atom. The molecule has 3 aliphatic heterocycles. The number of nitrogens with zero attached hydrogens (tertiary/aromatic N) is 2. The second-order valence-electron chi connectivity index (χ2n) is 7.36. The second-order valence-corrected chi connectivity index (χ2v) is 7.36. The normalized spacial score (nSPS) is 22.6. The van der Waals surface area contributed by atoms with Gasteiger partial charge in [-0.3, -0.25) is 9.59 Å². The maximum Gasteiger partial charge on any atom is 0.246 e. The van der Waals surface area contributed by atoms with Gasteiger partial charge in [-0.2, -0.15) is 0 Å². The molecule has 144 valence electrons. The molecule has 3 aliphatic rings. The largest absolute Gasteiger partial charge is 0.493 e. The number of carbonyl (C=O) groups is 2. The Morgan fingerprint density at radius 1 is 1.07 bits per heavy atom. The van der Waals surface area contributed by atoms with E-state index in [1.165, 1.54) is 5.56 Å². The molecule has 3 heterocycles. The summed E-state index contributed by atoms with van der Waals surface area (Å²) in [5.41, 5.74) is 2.20. The van der Waals surface area contributed by atoms with Crippen molar-refractivity contribution in [1.29, 1.82) is 0 Å². The maximum atomic E-state index is 12.7. The SMILES string of the molecule is O=C(/C=C/c1ccc2c(c1)CCO2)N1CCCC(C(=O)N2CCOCC2)C1. The van der Waals surface area contributed by atoms with Crippen LogP contribution in [-0.4, -0.2) is 67.6 Å². The van der Waals surface area contributed by atoms with Crippen LogP contribution in [0, 0.1) is 5.92 Å². The molecule has 6 heteroatoms. The number of fused-ring (bicyclic) bond motifs is 1. The first kappa shape index (κ1) is 18.0. The summed E-state index contributed by atoms with van der Waals surface area (Å²) in [6.07, 6.45) is 6.13. The molecule has 6 nitrogen and oxygen atoms in total. The van der Waals surface area contributed by atoms with Gasteiger partial charge in [0.2, 0.25) is 11.8 Å². The summed E-state index contributed by atoms with van der Waals surface area (Å²) in [5.74, 6) is 0.995. The van der Waals surface area contributed by atoms with Crippen molar-refractivity contribution in [3.05, 3.63) is 35.4 Å².